The maximum Gasteiger partial charge on any atom is 0.278 e. The van der Waals surface area contributed by atoms with Crippen LogP contribution in [0.4, 0.5) is 0 Å². The summed E-state index contributed by atoms with van der Waals surface area (Å²) in [6, 6.07) is 0. The largest absolute Gasteiger partial charge is 0.393 e. The lowest BCUT2D eigenvalue weighted by Gasteiger charge is -2.47. The smallest absolute Gasteiger partial charge is 0.278 e. The van der Waals surface area contributed by atoms with Crippen molar-refractivity contribution in [2.24, 2.45) is 41.4 Å². The molecule has 170 valence electrons. The first kappa shape index (κ1) is 23.4. The third-order valence-electron chi connectivity index (χ3n) is 8.31. The molecule has 0 bridgehead atoms. The van der Waals surface area contributed by atoms with Crippen molar-refractivity contribution in [3.63, 3.8) is 0 Å². The molecule has 9 unspecified atom stereocenters. The predicted octanol–water partition coefficient (Wildman–Crippen LogP) is 0.925. The maximum atomic E-state index is 11.3. The summed E-state index contributed by atoms with van der Waals surface area (Å²) in [6.45, 7) is 1.70. The topological polar surface area (TPSA) is 142 Å². The fourth-order valence-corrected chi connectivity index (χ4v) is 6.78. The molecule has 7 nitrogen and oxygen atoms in total. The van der Waals surface area contributed by atoms with Crippen molar-refractivity contribution in [3.05, 3.63) is 0 Å². The van der Waals surface area contributed by atoms with E-state index in [4.69, 9.17) is 0 Å². The van der Waals surface area contributed by atoms with Crippen LogP contribution in [0, 0.1) is 41.4 Å². The van der Waals surface area contributed by atoms with Crippen LogP contribution < -0.4 is 0 Å². The van der Waals surface area contributed by atoms with E-state index in [0.29, 0.717) is 12.3 Å². The molecule has 3 saturated carbocycles. The first-order valence-electron chi connectivity index (χ1n) is 11.5. The van der Waals surface area contributed by atoms with Crippen LogP contribution in [0.2, 0.25) is 0 Å². The van der Waals surface area contributed by atoms with Crippen molar-refractivity contribution in [2.45, 2.75) is 95.6 Å². The molecule has 0 saturated heterocycles. The van der Waals surface area contributed by atoms with Crippen molar-refractivity contribution in [1.82, 2.24) is 0 Å². The second-order valence-electron chi connectivity index (χ2n) is 10.2. The molecule has 3 rings (SSSR count). The second kappa shape index (κ2) is 9.47. The maximum absolute atomic E-state index is 11.3. The highest BCUT2D eigenvalue weighted by Crippen LogP contribution is 2.48. The first-order chi connectivity index (χ1) is 13.6. The normalized spacial score (nSPS) is 39.6. The van der Waals surface area contributed by atoms with Crippen LogP contribution in [0.3, 0.4) is 0 Å². The van der Waals surface area contributed by atoms with Gasteiger partial charge in [-0.2, -0.15) is 0 Å². The van der Waals surface area contributed by atoms with E-state index in [9.17, 15) is 35.7 Å². The third-order valence-corrected chi connectivity index (χ3v) is 8.31. The van der Waals surface area contributed by atoms with Gasteiger partial charge in [0, 0.05) is 17.8 Å². The van der Waals surface area contributed by atoms with Gasteiger partial charge in [0.1, 0.15) is 0 Å². The van der Waals surface area contributed by atoms with E-state index in [-0.39, 0.29) is 24.7 Å². The zero-order valence-electron chi connectivity index (χ0n) is 17.5. The molecule has 3 fully saturated rings. The molecule has 0 aliphatic heterocycles. The standard InChI is InChI=1S/C22H40O7/c1-12(23)19(15-7-6-13-4-2-3-5-14(13)8-15)20(24)16-9-17(21(25)26)11-18(10-16)22(27,28)29/h12-21,23-29H,2-11H2,1H3. The average molecular weight is 417 g/mol. The molecule has 7 heteroatoms. The Balaban J connectivity index is 1.74. The predicted molar refractivity (Wildman–Crippen MR) is 106 cm³/mol. The van der Waals surface area contributed by atoms with E-state index >= 15 is 0 Å². The van der Waals surface area contributed by atoms with E-state index in [2.05, 4.69) is 0 Å². The molecule has 9 atom stereocenters. The molecule has 0 aromatic carbocycles. The van der Waals surface area contributed by atoms with Crippen molar-refractivity contribution >= 4 is 0 Å². The van der Waals surface area contributed by atoms with Crippen LogP contribution in [-0.4, -0.2) is 60.2 Å². The van der Waals surface area contributed by atoms with E-state index in [1.54, 1.807) is 6.92 Å². The number of rotatable bonds is 6. The molecular formula is C22H40O7. The van der Waals surface area contributed by atoms with Gasteiger partial charge < -0.3 is 35.7 Å². The van der Waals surface area contributed by atoms with Crippen LogP contribution in [0.1, 0.15) is 71.1 Å². The highest BCUT2D eigenvalue weighted by molar-refractivity contribution is 4.94. The van der Waals surface area contributed by atoms with Crippen molar-refractivity contribution in [3.8, 4) is 0 Å². The van der Waals surface area contributed by atoms with Gasteiger partial charge >= 0.3 is 0 Å². The summed E-state index contributed by atoms with van der Waals surface area (Å²) in [5, 5.41) is 70.2. The van der Waals surface area contributed by atoms with Crippen LogP contribution in [0.15, 0.2) is 0 Å². The molecule has 0 radical (unpaired) electrons. The molecule has 3 aliphatic rings. The summed E-state index contributed by atoms with van der Waals surface area (Å²) in [6.07, 6.45) is 5.42. The van der Waals surface area contributed by atoms with Gasteiger partial charge in [0.25, 0.3) is 5.97 Å². The summed E-state index contributed by atoms with van der Waals surface area (Å²) in [5.74, 6) is -3.75. The monoisotopic (exact) mass is 416 g/mol. The van der Waals surface area contributed by atoms with E-state index in [1.807, 2.05) is 0 Å². The van der Waals surface area contributed by atoms with Crippen molar-refractivity contribution in [2.75, 3.05) is 0 Å². The molecule has 0 heterocycles. The Labute approximate surface area is 173 Å². The molecule has 0 amide bonds. The number of fused-ring (bicyclic) bond motifs is 1. The van der Waals surface area contributed by atoms with Gasteiger partial charge in [-0.15, -0.1) is 0 Å². The van der Waals surface area contributed by atoms with Gasteiger partial charge in [-0.25, -0.2) is 0 Å². The Morgan fingerprint density at radius 2 is 1.31 bits per heavy atom. The van der Waals surface area contributed by atoms with Gasteiger partial charge in [-0.1, -0.05) is 25.7 Å². The van der Waals surface area contributed by atoms with Crippen LogP contribution in [0.5, 0.6) is 0 Å². The molecule has 3 aliphatic carbocycles. The summed E-state index contributed by atoms with van der Waals surface area (Å²) in [4.78, 5) is 0. The summed E-state index contributed by atoms with van der Waals surface area (Å²) < 4.78 is 0. The van der Waals surface area contributed by atoms with Gasteiger partial charge in [0.15, 0.2) is 6.29 Å². The zero-order valence-corrected chi connectivity index (χ0v) is 17.5. The lowest BCUT2D eigenvalue weighted by Crippen LogP contribution is -2.49. The molecule has 7 N–H and O–H groups in total. The van der Waals surface area contributed by atoms with E-state index in [1.165, 1.54) is 25.7 Å². The highest BCUT2D eigenvalue weighted by atomic mass is 16.7. The number of aliphatic hydroxyl groups is 7. The van der Waals surface area contributed by atoms with E-state index < -0.39 is 42.2 Å². The number of hydrogen-bond donors (Lipinski definition) is 7. The van der Waals surface area contributed by atoms with Crippen LogP contribution in [-0.2, 0) is 0 Å². The minimum absolute atomic E-state index is 0.0525. The molecular weight excluding hydrogens is 376 g/mol. The van der Waals surface area contributed by atoms with Gasteiger partial charge in [-0.05, 0) is 69.1 Å². The average Bonchev–Trinajstić information content (AvgIpc) is 2.66. The van der Waals surface area contributed by atoms with Crippen molar-refractivity contribution < 1.29 is 35.7 Å². The van der Waals surface area contributed by atoms with Crippen LogP contribution >= 0.6 is 0 Å². The van der Waals surface area contributed by atoms with Gasteiger partial charge in [0.05, 0.1) is 12.2 Å². The number of hydrogen-bond acceptors (Lipinski definition) is 7. The SMILES string of the molecule is CC(O)C(C1CCC2CCCCC2C1)C(O)C1CC(C(O)O)CC(C(O)(O)O)C1. The fraction of sp³-hybridized carbons (Fsp3) is 1.00. The zero-order chi connectivity index (χ0) is 21.3. The Morgan fingerprint density at radius 1 is 0.690 bits per heavy atom. The first-order valence-corrected chi connectivity index (χ1v) is 11.5. The van der Waals surface area contributed by atoms with Crippen molar-refractivity contribution in [1.29, 1.82) is 0 Å². The van der Waals surface area contributed by atoms with Crippen LogP contribution in [0.25, 0.3) is 0 Å². The Kier molecular flexibility index (Phi) is 7.63. The minimum atomic E-state index is -2.92. The molecule has 0 spiro atoms. The third kappa shape index (κ3) is 5.50. The quantitative estimate of drug-likeness (QED) is 0.319. The summed E-state index contributed by atoms with van der Waals surface area (Å²) in [5.41, 5.74) is 0. The summed E-state index contributed by atoms with van der Waals surface area (Å²) >= 11 is 0. The fourth-order valence-electron chi connectivity index (χ4n) is 6.78. The molecule has 0 aromatic rings. The Hall–Kier alpha value is -0.280. The summed E-state index contributed by atoms with van der Waals surface area (Å²) in [7, 11) is 0. The van der Waals surface area contributed by atoms with Gasteiger partial charge in [0.2, 0.25) is 0 Å². The molecule has 0 aromatic heterocycles. The van der Waals surface area contributed by atoms with E-state index in [0.717, 1.165) is 25.2 Å². The minimum Gasteiger partial charge on any atom is -0.393 e. The number of aliphatic hydroxyl groups excluding tert-OH is 3. The second-order valence-corrected chi connectivity index (χ2v) is 10.2. The Morgan fingerprint density at radius 3 is 1.90 bits per heavy atom. The van der Waals surface area contributed by atoms with Gasteiger partial charge in [-0.3, -0.25) is 0 Å². The molecule has 29 heavy (non-hydrogen) atoms. The highest BCUT2D eigenvalue weighted by Gasteiger charge is 2.47. The Bertz CT molecular complexity index is 518. The lowest BCUT2D eigenvalue weighted by atomic mass is 9.61. The lowest BCUT2D eigenvalue weighted by molar-refractivity contribution is -0.352.